The Hall–Kier alpha value is -1.92. The molecule has 2 aromatic rings. The summed E-state index contributed by atoms with van der Waals surface area (Å²) >= 11 is 1.50. The van der Waals surface area contributed by atoms with Crippen molar-refractivity contribution >= 4 is 28.1 Å². The molecule has 0 bridgehead atoms. The summed E-state index contributed by atoms with van der Waals surface area (Å²) in [6, 6.07) is 7.20. The molecule has 18 heavy (non-hydrogen) atoms. The van der Waals surface area contributed by atoms with Crippen LogP contribution in [0.4, 0.5) is 10.8 Å². The van der Waals surface area contributed by atoms with E-state index in [2.05, 4.69) is 10.3 Å². The molecule has 1 amide bonds. The molecule has 0 radical (unpaired) electrons. The highest BCUT2D eigenvalue weighted by Crippen LogP contribution is 2.19. The van der Waals surface area contributed by atoms with Gasteiger partial charge in [-0.1, -0.05) is 6.07 Å². The first-order chi connectivity index (χ1) is 8.70. The quantitative estimate of drug-likeness (QED) is 0.861. The summed E-state index contributed by atoms with van der Waals surface area (Å²) in [6.45, 7) is 0. The van der Waals surface area contributed by atoms with E-state index in [0.29, 0.717) is 5.56 Å². The monoisotopic (exact) mass is 263 g/mol. The number of nitrogens with zero attached hydrogens (tertiary/aromatic N) is 2. The summed E-state index contributed by atoms with van der Waals surface area (Å²) in [4.78, 5) is 20.9. The molecule has 0 aliphatic heterocycles. The van der Waals surface area contributed by atoms with Crippen molar-refractivity contribution in [1.29, 1.82) is 0 Å². The van der Waals surface area contributed by atoms with E-state index in [-0.39, 0.29) is 5.91 Å². The van der Waals surface area contributed by atoms with Crippen molar-refractivity contribution in [3.63, 3.8) is 0 Å². The fourth-order valence-corrected chi connectivity index (χ4v) is 1.95. The Balaban J connectivity index is 2.17. The van der Waals surface area contributed by atoms with Gasteiger partial charge >= 0.3 is 0 Å². The standard InChI is InChI=1S/C12H13N3O2S/c1-15(17-2)11(16)9-4-3-5-10(8-9)14-12-13-6-7-18-12/h3-8H,1-2H3,(H,13,14). The minimum atomic E-state index is -0.194. The average molecular weight is 263 g/mol. The Bertz CT molecular complexity index is 528. The van der Waals surface area contributed by atoms with Gasteiger partial charge in [0, 0.05) is 29.9 Å². The van der Waals surface area contributed by atoms with Crippen molar-refractivity contribution < 1.29 is 9.63 Å². The lowest BCUT2D eigenvalue weighted by Crippen LogP contribution is -2.25. The van der Waals surface area contributed by atoms with Crippen LogP contribution >= 0.6 is 11.3 Å². The first-order valence-electron chi connectivity index (χ1n) is 5.29. The van der Waals surface area contributed by atoms with Crippen LogP contribution in [0.3, 0.4) is 0 Å². The van der Waals surface area contributed by atoms with E-state index < -0.39 is 0 Å². The zero-order valence-electron chi connectivity index (χ0n) is 10.1. The fraction of sp³-hybridized carbons (Fsp3) is 0.167. The van der Waals surface area contributed by atoms with Crippen molar-refractivity contribution in [1.82, 2.24) is 10.0 Å². The number of hydroxylamine groups is 2. The van der Waals surface area contributed by atoms with E-state index >= 15 is 0 Å². The Morgan fingerprint density at radius 2 is 2.33 bits per heavy atom. The number of amides is 1. The third-order valence-electron chi connectivity index (χ3n) is 2.35. The minimum Gasteiger partial charge on any atom is -0.332 e. The molecule has 5 nitrogen and oxygen atoms in total. The molecule has 0 atom stereocenters. The van der Waals surface area contributed by atoms with Gasteiger partial charge in [-0.2, -0.15) is 0 Å². The number of anilines is 2. The summed E-state index contributed by atoms with van der Waals surface area (Å²) in [5, 5.41) is 6.99. The highest BCUT2D eigenvalue weighted by atomic mass is 32.1. The van der Waals surface area contributed by atoms with Gasteiger partial charge in [0.1, 0.15) is 0 Å². The summed E-state index contributed by atoms with van der Waals surface area (Å²) < 4.78 is 0. The molecule has 0 aliphatic carbocycles. The minimum absolute atomic E-state index is 0.194. The number of benzene rings is 1. The van der Waals surface area contributed by atoms with Gasteiger partial charge in [-0.3, -0.25) is 9.63 Å². The van der Waals surface area contributed by atoms with Crippen LogP contribution in [0, 0.1) is 0 Å². The van der Waals surface area contributed by atoms with Gasteiger partial charge in [0.05, 0.1) is 7.11 Å². The van der Waals surface area contributed by atoms with E-state index in [1.807, 2.05) is 17.5 Å². The molecule has 1 aromatic heterocycles. The van der Waals surface area contributed by atoms with Gasteiger partial charge in [0.2, 0.25) is 0 Å². The number of nitrogens with one attached hydrogen (secondary N) is 1. The van der Waals surface area contributed by atoms with Gasteiger partial charge in [-0.15, -0.1) is 11.3 Å². The predicted octanol–water partition coefficient (Wildman–Crippen LogP) is 2.52. The van der Waals surface area contributed by atoms with Crippen molar-refractivity contribution in [2.24, 2.45) is 0 Å². The highest BCUT2D eigenvalue weighted by molar-refractivity contribution is 7.13. The van der Waals surface area contributed by atoms with Crippen LogP contribution in [-0.4, -0.2) is 30.1 Å². The van der Waals surface area contributed by atoms with Crippen molar-refractivity contribution in [3.8, 4) is 0 Å². The highest BCUT2D eigenvalue weighted by Gasteiger charge is 2.11. The van der Waals surface area contributed by atoms with Crippen molar-refractivity contribution in [3.05, 3.63) is 41.4 Å². The molecule has 0 unspecified atom stereocenters. The third kappa shape index (κ3) is 2.85. The smallest absolute Gasteiger partial charge is 0.277 e. The Morgan fingerprint density at radius 1 is 1.50 bits per heavy atom. The topological polar surface area (TPSA) is 54.5 Å². The van der Waals surface area contributed by atoms with E-state index in [1.165, 1.54) is 23.5 Å². The number of rotatable bonds is 4. The van der Waals surface area contributed by atoms with Crippen LogP contribution in [0.15, 0.2) is 35.8 Å². The molecule has 1 aromatic carbocycles. The van der Waals surface area contributed by atoms with E-state index in [0.717, 1.165) is 10.8 Å². The first kappa shape index (κ1) is 12.5. The maximum absolute atomic E-state index is 11.9. The van der Waals surface area contributed by atoms with Crippen molar-refractivity contribution in [2.75, 3.05) is 19.5 Å². The molecule has 6 heteroatoms. The average Bonchev–Trinajstić information content (AvgIpc) is 2.90. The van der Waals surface area contributed by atoms with Gasteiger partial charge in [-0.25, -0.2) is 10.0 Å². The van der Waals surface area contributed by atoms with Crippen LogP contribution < -0.4 is 5.32 Å². The molecule has 0 spiro atoms. The molecule has 0 aliphatic rings. The number of carbonyl (C=O) groups excluding carboxylic acids is 1. The molecular formula is C12H13N3O2S. The van der Waals surface area contributed by atoms with Crippen LogP contribution in [-0.2, 0) is 4.84 Å². The second-order valence-electron chi connectivity index (χ2n) is 3.53. The Kier molecular flexibility index (Phi) is 3.91. The summed E-state index contributed by atoms with van der Waals surface area (Å²) in [7, 11) is 3.03. The van der Waals surface area contributed by atoms with Crippen LogP contribution in [0.1, 0.15) is 10.4 Å². The lowest BCUT2D eigenvalue weighted by Gasteiger charge is -2.14. The summed E-state index contributed by atoms with van der Waals surface area (Å²) in [5.74, 6) is -0.194. The van der Waals surface area contributed by atoms with Crippen LogP contribution in [0.5, 0.6) is 0 Å². The number of aromatic nitrogens is 1. The second-order valence-corrected chi connectivity index (χ2v) is 4.42. The normalized spacial score (nSPS) is 10.1. The van der Waals surface area contributed by atoms with Crippen molar-refractivity contribution in [2.45, 2.75) is 0 Å². The third-order valence-corrected chi connectivity index (χ3v) is 3.04. The van der Waals surface area contributed by atoms with E-state index in [4.69, 9.17) is 4.84 Å². The molecule has 1 heterocycles. The molecule has 1 N–H and O–H groups in total. The van der Waals surface area contributed by atoms with Gasteiger partial charge in [0.15, 0.2) is 5.13 Å². The Morgan fingerprint density at radius 3 is 3.00 bits per heavy atom. The number of carbonyl (C=O) groups is 1. The van der Waals surface area contributed by atoms with Gasteiger partial charge < -0.3 is 5.32 Å². The largest absolute Gasteiger partial charge is 0.332 e. The van der Waals surface area contributed by atoms with Crippen LogP contribution in [0.25, 0.3) is 0 Å². The van der Waals surface area contributed by atoms with Crippen LogP contribution in [0.2, 0.25) is 0 Å². The predicted molar refractivity (Wildman–Crippen MR) is 70.9 cm³/mol. The zero-order chi connectivity index (χ0) is 13.0. The van der Waals surface area contributed by atoms with Gasteiger partial charge in [-0.05, 0) is 18.2 Å². The maximum atomic E-state index is 11.9. The van der Waals surface area contributed by atoms with E-state index in [1.54, 1.807) is 25.4 Å². The van der Waals surface area contributed by atoms with Gasteiger partial charge in [0.25, 0.3) is 5.91 Å². The number of thiazole rings is 1. The maximum Gasteiger partial charge on any atom is 0.277 e. The molecule has 94 valence electrons. The van der Waals surface area contributed by atoms with E-state index in [9.17, 15) is 4.79 Å². The Labute approximate surface area is 109 Å². The lowest BCUT2D eigenvalue weighted by atomic mass is 10.2. The zero-order valence-corrected chi connectivity index (χ0v) is 10.9. The molecule has 0 fully saturated rings. The number of hydrogen-bond donors (Lipinski definition) is 1. The fourth-order valence-electron chi connectivity index (χ4n) is 1.40. The molecule has 2 rings (SSSR count). The molecular weight excluding hydrogens is 250 g/mol. The SMILES string of the molecule is CON(C)C(=O)c1cccc(Nc2nccs2)c1. The summed E-state index contributed by atoms with van der Waals surface area (Å²) in [6.07, 6.45) is 1.72. The molecule has 0 saturated carbocycles. The summed E-state index contributed by atoms with van der Waals surface area (Å²) in [5.41, 5.74) is 1.38. The lowest BCUT2D eigenvalue weighted by molar-refractivity contribution is -0.0756. The molecule has 0 saturated heterocycles. The second kappa shape index (κ2) is 5.61. The number of hydrogen-bond acceptors (Lipinski definition) is 5. The first-order valence-corrected chi connectivity index (χ1v) is 6.17.